The second kappa shape index (κ2) is 4.90. The zero-order chi connectivity index (χ0) is 14.5. The number of hydrogen-bond acceptors (Lipinski definition) is 6. The number of fused-ring (bicyclic) bond motifs is 1. The van der Waals surface area contributed by atoms with Crippen LogP contribution in [-0.4, -0.2) is 54.5 Å². The molecule has 3 rings (SSSR count). The maximum Gasteiger partial charge on any atom is 0.188 e. The van der Waals surface area contributed by atoms with Gasteiger partial charge < -0.3 is 28.8 Å². The lowest BCUT2D eigenvalue weighted by molar-refractivity contribution is -0.236. The molecule has 0 aromatic rings. The molecule has 3 saturated heterocycles. The van der Waals surface area contributed by atoms with Gasteiger partial charge in [0.25, 0.3) is 0 Å². The van der Waals surface area contributed by atoms with Crippen molar-refractivity contribution in [1.82, 2.24) is 0 Å². The topological polar surface area (TPSA) is 66.4 Å². The fourth-order valence-electron chi connectivity index (χ4n) is 3.14. The van der Waals surface area contributed by atoms with Crippen molar-refractivity contribution in [2.24, 2.45) is 5.92 Å². The molecule has 0 amide bonds. The zero-order valence-corrected chi connectivity index (χ0v) is 12.5. The first kappa shape index (κ1) is 14.7. The Hall–Kier alpha value is -0.240. The van der Waals surface area contributed by atoms with Crippen LogP contribution in [0.15, 0.2) is 0 Å². The number of rotatable bonds is 3. The molecule has 116 valence electrons. The summed E-state index contributed by atoms with van der Waals surface area (Å²) in [6.07, 6.45) is -0.412. The van der Waals surface area contributed by atoms with Gasteiger partial charge >= 0.3 is 0 Å². The Labute approximate surface area is 119 Å². The minimum atomic E-state index is -0.625. The van der Waals surface area contributed by atoms with Crippen LogP contribution in [0, 0.1) is 5.92 Å². The standard InChI is InChI=1S/C14H24O6/c1-5-14(4)19-11-8(6-15)10(17-12(11)20-14)9-7-16-13(2,3)18-9/h8-12,15H,5-7H2,1-4H3/t8-,9?,10+,11-,12-,14?/m1/s1. The van der Waals surface area contributed by atoms with Crippen molar-refractivity contribution in [1.29, 1.82) is 0 Å². The van der Waals surface area contributed by atoms with E-state index >= 15 is 0 Å². The lowest BCUT2D eigenvalue weighted by Crippen LogP contribution is -2.41. The van der Waals surface area contributed by atoms with Crippen LogP contribution in [-0.2, 0) is 23.7 Å². The van der Waals surface area contributed by atoms with Gasteiger partial charge in [0.2, 0.25) is 0 Å². The van der Waals surface area contributed by atoms with Crippen LogP contribution < -0.4 is 0 Å². The van der Waals surface area contributed by atoms with Gasteiger partial charge in [-0.25, -0.2) is 0 Å². The molecule has 3 heterocycles. The lowest BCUT2D eigenvalue weighted by atomic mass is 9.96. The Balaban J connectivity index is 1.71. The fraction of sp³-hybridized carbons (Fsp3) is 1.00. The van der Waals surface area contributed by atoms with E-state index in [1.165, 1.54) is 0 Å². The highest BCUT2D eigenvalue weighted by atomic mass is 16.8. The molecule has 0 radical (unpaired) electrons. The van der Waals surface area contributed by atoms with Crippen LogP contribution in [0.5, 0.6) is 0 Å². The Bertz CT molecular complexity index is 373. The first-order valence-electron chi connectivity index (χ1n) is 7.31. The normalized spacial score (nSPS) is 50.5. The molecule has 0 bridgehead atoms. The summed E-state index contributed by atoms with van der Waals surface area (Å²) in [4.78, 5) is 0. The van der Waals surface area contributed by atoms with E-state index in [4.69, 9.17) is 23.7 Å². The average Bonchev–Trinajstić information content (AvgIpc) is 2.99. The number of aliphatic hydroxyl groups is 1. The molecule has 2 unspecified atom stereocenters. The lowest BCUT2D eigenvalue weighted by Gasteiger charge is -2.29. The summed E-state index contributed by atoms with van der Waals surface area (Å²) in [5.41, 5.74) is 0. The smallest absolute Gasteiger partial charge is 0.188 e. The molecule has 6 atom stereocenters. The number of aliphatic hydroxyl groups excluding tert-OH is 1. The van der Waals surface area contributed by atoms with E-state index in [9.17, 15) is 5.11 Å². The van der Waals surface area contributed by atoms with Gasteiger partial charge in [0, 0.05) is 5.92 Å². The van der Waals surface area contributed by atoms with Crippen LogP contribution in [0.25, 0.3) is 0 Å². The van der Waals surface area contributed by atoms with Crippen LogP contribution >= 0.6 is 0 Å². The molecule has 3 fully saturated rings. The van der Waals surface area contributed by atoms with Crippen LogP contribution in [0.4, 0.5) is 0 Å². The molecule has 3 aliphatic heterocycles. The summed E-state index contributed by atoms with van der Waals surface area (Å²) >= 11 is 0. The Morgan fingerprint density at radius 1 is 1.10 bits per heavy atom. The maximum atomic E-state index is 9.70. The Kier molecular flexibility index (Phi) is 3.60. The molecule has 0 spiro atoms. The van der Waals surface area contributed by atoms with Crippen molar-refractivity contribution >= 4 is 0 Å². The first-order chi connectivity index (χ1) is 9.37. The molecule has 0 aromatic heterocycles. The predicted octanol–water partition coefficient (Wildman–Crippen LogP) is 1.01. The van der Waals surface area contributed by atoms with Gasteiger partial charge in [-0.05, 0) is 27.2 Å². The fourth-order valence-corrected chi connectivity index (χ4v) is 3.14. The van der Waals surface area contributed by atoms with Crippen molar-refractivity contribution in [2.75, 3.05) is 13.2 Å². The van der Waals surface area contributed by atoms with Gasteiger partial charge in [0.15, 0.2) is 17.9 Å². The first-order valence-corrected chi connectivity index (χ1v) is 7.31. The second-order valence-electron chi connectivity index (χ2n) is 6.37. The molecule has 6 heteroatoms. The van der Waals surface area contributed by atoms with Gasteiger partial charge in [-0.1, -0.05) is 6.92 Å². The number of ether oxygens (including phenoxy) is 5. The third-order valence-corrected chi connectivity index (χ3v) is 4.40. The van der Waals surface area contributed by atoms with E-state index in [1.54, 1.807) is 0 Å². The van der Waals surface area contributed by atoms with Crippen molar-refractivity contribution in [3.05, 3.63) is 0 Å². The molecule has 0 saturated carbocycles. The highest BCUT2D eigenvalue weighted by Crippen LogP contribution is 2.44. The van der Waals surface area contributed by atoms with Gasteiger partial charge in [-0.3, -0.25) is 0 Å². The highest BCUT2D eigenvalue weighted by molar-refractivity contribution is 4.97. The third kappa shape index (κ3) is 2.38. The number of hydrogen-bond donors (Lipinski definition) is 1. The molecule has 0 aliphatic carbocycles. The SMILES string of the molecule is CCC1(C)O[C@H]2O[C@H](C3COC(C)(C)O3)[C@@H](CO)[C@H]2O1. The molecule has 3 aliphatic rings. The van der Waals surface area contributed by atoms with Gasteiger partial charge in [0.1, 0.15) is 12.2 Å². The maximum absolute atomic E-state index is 9.70. The van der Waals surface area contributed by atoms with Crippen molar-refractivity contribution in [2.45, 2.75) is 70.3 Å². The van der Waals surface area contributed by atoms with Crippen LogP contribution in [0.3, 0.4) is 0 Å². The molecule has 0 aromatic carbocycles. The molecule has 1 N–H and O–H groups in total. The van der Waals surface area contributed by atoms with Gasteiger partial charge in [0.05, 0.1) is 19.3 Å². The Morgan fingerprint density at radius 2 is 1.85 bits per heavy atom. The highest BCUT2D eigenvalue weighted by Gasteiger charge is 2.58. The zero-order valence-electron chi connectivity index (χ0n) is 12.5. The quantitative estimate of drug-likeness (QED) is 0.836. The minimum Gasteiger partial charge on any atom is -0.396 e. The van der Waals surface area contributed by atoms with Crippen molar-refractivity contribution < 1.29 is 28.8 Å². The summed E-state index contributed by atoms with van der Waals surface area (Å²) in [5, 5.41) is 9.70. The van der Waals surface area contributed by atoms with Gasteiger partial charge in [-0.15, -0.1) is 0 Å². The van der Waals surface area contributed by atoms with E-state index in [0.717, 1.165) is 6.42 Å². The second-order valence-corrected chi connectivity index (χ2v) is 6.37. The van der Waals surface area contributed by atoms with Crippen LogP contribution in [0.2, 0.25) is 0 Å². The van der Waals surface area contributed by atoms with E-state index in [2.05, 4.69) is 0 Å². The summed E-state index contributed by atoms with van der Waals surface area (Å²) in [6.45, 7) is 8.09. The molecule has 6 nitrogen and oxygen atoms in total. The van der Waals surface area contributed by atoms with Crippen LogP contribution in [0.1, 0.15) is 34.1 Å². The van der Waals surface area contributed by atoms with Crippen molar-refractivity contribution in [3.63, 3.8) is 0 Å². The molecule has 20 heavy (non-hydrogen) atoms. The van der Waals surface area contributed by atoms with E-state index in [1.807, 2.05) is 27.7 Å². The largest absolute Gasteiger partial charge is 0.396 e. The summed E-state index contributed by atoms with van der Waals surface area (Å²) in [6, 6.07) is 0. The summed E-state index contributed by atoms with van der Waals surface area (Å²) < 4.78 is 29.2. The monoisotopic (exact) mass is 288 g/mol. The molecular formula is C14H24O6. The molecular weight excluding hydrogens is 264 g/mol. The Morgan fingerprint density at radius 3 is 2.40 bits per heavy atom. The predicted molar refractivity (Wildman–Crippen MR) is 68.8 cm³/mol. The van der Waals surface area contributed by atoms with E-state index < -0.39 is 17.9 Å². The van der Waals surface area contributed by atoms with Gasteiger partial charge in [-0.2, -0.15) is 0 Å². The average molecular weight is 288 g/mol. The summed E-state index contributed by atoms with van der Waals surface area (Å²) in [7, 11) is 0. The van der Waals surface area contributed by atoms with E-state index in [-0.39, 0.29) is 30.8 Å². The third-order valence-electron chi connectivity index (χ3n) is 4.40. The van der Waals surface area contributed by atoms with Crippen molar-refractivity contribution in [3.8, 4) is 0 Å². The summed E-state index contributed by atoms with van der Waals surface area (Å²) in [5.74, 6) is -1.39. The van der Waals surface area contributed by atoms with E-state index in [0.29, 0.717) is 6.61 Å². The minimum absolute atomic E-state index is 0.0186.